The van der Waals surface area contributed by atoms with Gasteiger partial charge in [-0.05, 0) is 24.3 Å². The van der Waals surface area contributed by atoms with E-state index < -0.39 is 7.29 Å². The molecule has 0 saturated carbocycles. The van der Waals surface area contributed by atoms with Crippen molar-refractivity contribution in [1.29, 1.82) is 0 Å². The highest BCUT2D eigenvalue weighted by Gasteiger charge is 2.34. The number of nitrogens with zero attached hydrogens (tertiary/aromatic N) is 2. The molecule has 0 bridgehead atoms. The van der Waals surface area contributed by atoms with E-state index >= 15 is 0 Å². The van der Waals surface area contributed by atoms with E-state index in [4.69, 9.17) is 0 Å². The van der Waals surface area contributed by atoms with E-state index in [2.05, 4.69) is 0 Å². The van der Waals surface area contributed by atoms with Crippen molar-refractivity contribution < 1.29 is 4.57 Å². The SMILES string of the molecule is CCN(N(C)C)P(=O)(c1ccccc1)c1ccccc1. The number of hydrazine groups is 1. The van der Waals surface area contributed by atoms with Crippen LogP contribution in [-0.4, -0.2) is 30.4 Å². The Morgan fingerprint density at radius 1 is 0.850 bits per heavy atom. The van der Waals surface area contributed by atoms with Gasteiger partial charge in [0.1, 0.15) is 0 Å². The Hall–Kier alpha value is -1.41. The average Bonchev–Trinajstić information content (AvgIpc) is 2.49. The monoisotopic (exact) mass is 288 g/mol. The molecule has 2 rings (SSSR count). The van der Waals surface area contributed by atoms with Gasteiger partial charge in [0.25, 0.3) is 0 Å². The van der Waals surface area contributed by atoms with E-state index in [1.54, 1.807) is 0 Å². The molecule has 2 aromatic carbocycles. The molecule has 0 N–H and O–H groups in total. The maximum atomic E-state index is 13.9. The molecule has 0 aliphatic carbocycles. The predicted octanol–water partition coefficient (Wildman–Crippen LogP) is 2.71. The van der Waals surface area contributed by atoms with Crippen LogP contribution in [0.15, 0.2) is 60.7 Å². The lowest BCUT2D eigenvalue weighted by Crippen LogP contribution is -2.40. The van der Waals surface area contributed by atoms with Crippen molar-refractivity contribution in [2.45, 2.75) is 6.92 Å². The largest absolute Gasteiger partial charge is 0.295 e. The minimum atomic E-state index is -2.83. The fraction of sp³-hybridized carbons (Fsp3) is 0.250. The van der Waals surface area contributed by atoms with Crippen LogP contribution in [0.4, 0.5) is 0 Å². The summed E-state index contributed by atoms with van der Waals surface area (Å²) in [6.45, 7) is 2.71. The molecule has 106 valence electrons. The number of hydrogen-bond acceptors (Lipinski definition) is 2. The normalized spacial score (nSPS) is 12.1. The molecule has 4 heteroatoms. The Morgan fingerprint density at radius 2 is 1.25 bits per heavy atom. The van der Waals surface area contributed by atoms with Gasteiger partial charge in [0, 0.05) is 31.2 Å². The van der Waals surface area contributed by atoms with Gasteiger partial charge in [-0.2, -0.15) is 4.78 Å². The first-order valence-corrected chi connectivity index (χ1v) is 8.43. The predicted molar refractivity (Wildman–Crippen MR) is 85.8 cm³/mol. The maximum absolute atomic E-state index is 13.9. The summed E-state index contributed by atoms with van der Waals surface area (Å²) < 4.78 is 15.8. The molecular weight excluding hydrogens is 267 g/mol. The maximum Gasteiger partial charge on any atom is 0.220 e. The van der Waals surface area contributed by atoms with Crippen LogP contribution in [0.25, 0.3) is 0 Å². The van der Waals surface area contributed by atoms with E-state index in [-0.39, 0.29) is 0 Å². The van der Waals surface area contributed by atoms with Gasteiger partial charge in [-0.1, -0.05) is 43.3 Å². The Morgan fingerprint density at radius 3 is 1.55 bits per heavy atom. The zero-order chi connectivity index (χ0) is 14.6. The summed E-state index contributed by atoms with van der Waals surface area (Å²) in [5, 5.41) is 3.64. The molecule has 0 heterocycles. The van der Waals surface area contributed by atoms with Gasteiger partial charge in [0.15, 0.2) is 0 Å². The van der Waals surface area contributed by atoms with Gasteiger partial charge in [0.2, 0.25) is 7.29 Å². The van der Waals surface area contributed by atoms with Crippen LogP contribution in [0, 0.1) is 0 Å². The third-order valence-corrected chi connectivity index (χ3v) is 6.57. The summed E-state index contributed by atoms with van der Waals surface area (Å²) >= 11 is 0. The first-order valence-electron chi connectivity index (χ1n) is 6.77. The van der Waals surface area contributed by atoms with Crippen LogP contribution in [0.2, 0.25) is 0 Å². The minimum absolute atomic E-state index is 0.689. The lowest BCUT2D eigenvalue weighted by molar-refractivity contribution is 0.135. The van der Waals surface area contributed by atoms with Gasteiger partial charge in [-0.15, -0.1) is 0 Å². The van der Waals surface area contributed by atoms with Crippen molar-refractivity contribution >= 4 is 17.9 Å². The molecule has 20 heavy (non-hydrogen) atoms. The zero-order valence-corrected chi connectivity index (χ0v) is 13.1. The molecule has 0 aliphatic rings. The summed E-state index contributed by atoms with van der Waals surface area (Å²) in [5.74, 6) is 0. The van der Waals surface area contributed by atoms with Crippen molar-refractivity contribution in [2.24, 2.45) is 0 Å². The van der Waals surface area contributed by atoms with Crippen molar-refractivity contribution in [3.05, 3.63) is 60.7 Å². The average molecular weight is 288 g/mol. The Balaban J connectivity index is 2.64. The van der Waals surface area contributed by atoms with Gasteiger partial charge in [-0.25, -0.2) is 5.01 Å². The highest BCUT2D eigenvalue weighted by Crippen LogP contribution is 2.47. The third-order valence-electron chi connectivity index (χ3n) is 3.28. The lowest BCUT2D eigenvalue weighted by atomic mass is 10.4. The quantitative estimate of drug-likeness (QED) is 0.624. The molecule has 0 spiro atoms. The smallest absolute Gasteiger partial charge is 0.220 e. The second-order valence-electron chi connectivity index (χ2n) is 4.78. The van der Waals surface area contributed by atoms with Crippen LogP contribution >= 0.6 is 7.29 Å². The molecule has 0 aliphatic heterocycles. The van der Waals surface area contributed by atoms with Crippen LogP contribution in [0.1, 0.15) is 6.92 Å². The van der Waals surface area contributed by atoms with Crippen molar-refractivity contribution in [3.8, 4) is 0 Å². The van der Waals surface area contributed by atoms with Crippen molar-refractivity contribution in [3.63, 3.8) is 0 Å². The van der Waals surface area contributed by atoms with Crippen LogP contribution in [0.5, 0.6) is 0 Å². The molecule has 0 unspecified atom stereocenters. The molecule has 3 nitrogen and oxygen atoms in total. The summed E-state index contributed by atoms with van der Waals surface area (Å²) in [6.07, 6.45) is 0. The zero-order valence-electron chi connectivity index (χ0n) is 12.2. The molecule has 0 saturated heterocycles. The van der Waals surface area contributed by atoms with E-state index in [0.29, 0.717) is 6.54 Å². The van der Waals surface area contributed by atoms with Gasteiger partial charge >= 0.3 is 0 Å². The van der Waals surface area contributed by atoms with Crippen LogP contribution < -0.4 is 10.6 Å². The van der Waals surface area contributed by atoms with E-state index in [0.717, 1.165) is 10.6 Å². The fourth-order valence-electron chi connectivity index (χ4n) is 2.41. The Labute approximate surface area is 121 Å². The van der Waals surface area contributed by atoms with Crippen molar-refractivity contribution in [1.82, 2.24) is 9.79 Å². The van der Waals surface area contributed by atoms with Gasteiger partial charge < -0.3 is 0 Å². The molecule has 0 radical (unpaired) electrons. The molecule has 2 aromatic rings. The summed E-state index contributed by atoms with van der Waals surface area (Å²) in [7, 11) is 1.03. The Bertz CT molecular complexity index is 540. The number of rotatable bonds is 5. The number of benzene rings is 2. The van der Waals surface area contributed by atoms with E-state index in [1.807, 2.05) is 91.5 Å². The second kappa shape index (κ2) is 6.36. The second-order valence-corrected chi connectivity index (χ2v) is 7.43. The molecular formula is C16H21N2OP. The molecule has 0 amide bonds. The Kier molecular flexibility index (Phi) is 4.77. The summed E-state index contributed by atoms with van der Waals surface area (Å²) in [4.78, 5) is 0. The van der Waals surface area contributed by atoms with Crippen molar-refractivity contribution in [2.75, 3.05) is 20.6 Å². The first-order chi connectivity index (χ1) is 9.60. The van der Waals surface area contributed by atoms with Crippen LogP contribution in [0.3, 0.4) is 0 Å². The molecule has 0 atom stereocenters. The topological polar surface area (TPSA) is 23.6 Å². The summed E-state index contributed by atoms with van der Waals surface area (Å²) in [5.41, 5.74) is 0. The minimum Gasteiger partial charge on any atom is -0.295 e. The molecule has 0 fully saturated rings. The first kappa shape index (κ1) is 15.0. The lowest BCUT2D eigenvalue weighted by Gasteiger charge is -2.35. The van der Waals surface area contributed by atoms with E-state index in [9.17, 15) is 4.57 Å². The third kappa shape index (κ3) is 2.71. The number of hydrogen-bond donors (Lipinski definition) is 0. The highest BCUT2D eigenvalue weighted by molar-refractivity contribution is 7.76. The molecule has 0 aromatic heterocycles. The van der Waals surface area contributed by atoms with E-state index in [1.165, 1.54) is 0 Å². The standard InChI is InChI=1S/C16H21N2OP/c1-4-18(17(2)3)20(19,15-11-7-5-8-12-15)16-13-9-6-10-14-16/h5-14H,4H2,1-3H3. The highest BCUT2D eigenvalue weighted by atomic mass is 31.2. The van der Waals surface area contributed by atoms with Gasteiger partial charge in [-0.3, -0.25) is 4.57 Å². The summed E-state index contributed by atoms with van der Waals surface area (Å²) in [6, 6.07) is 19.4. The van der Waals surface area contributed by atoms with Gasteiger partial charge in [0.05, 0.1) is 0 Å². The fourth-order valence-corrected chi connectivity index (χ4v) is 5.30. The van der Waals surface area contributed by atoms with Crippen LogP contribution in [-0.2, 0) is 4.57 Å².